The van der Waals surface area contributed by atoms with Gasteiger partial charge in [-0.2, -0.15) is 4.68 Å². The van der Waals surface area contributed by atoms with Gasteiger partial charge in [0.05, 0.1) is 23.4 Å². The minimum absolute atomic E-state index is 0.0120. The number of carbonyl (C=O) groups excluding carboxylic acids is 1. The zero-order valence-electron chi connectivity index (χ0n) is 15.2. The second-order valence-electron chi connectivity index (χ2n) is 6.66. The van der Waals surface area contributed by atoms with Crippen molar-refractivity contribution < 1.29 is 14.1 Å². The van der Waals surface area contributed by atoms with Gasteiger partial charge in [-0.15, -0.1) is 0 Å². The number of piperazine rings is 1. The number of hydrogen-bond donors (Lipinski definition) is 0. The Balaban J connectivity index is 1.46. The summed E-state index contributed by atoms with van der Waals surface area (Å²) < 4.78 is 14.8. The lowest BCUT2D eigenvalue weighted by Crippen LogP contribution is -2.48. The fraction of sp³-hybridized carbons (Fsp3) is 0.444. The van der Waals surface area contributed by atoms with Crippen molar-refractivity contribution in [2.24, 2.45) is 0 Å². The molecule has 1 amide bonds. The van der Waals surface area contributed by atoms with E-state index in [9.17, 15) is 19.3 Å². The fourth-order valence-electron chi connectivity index (χ4n) is 3.22. The summed E-state index contributed by atoms with van der Waals surface area (Å²) in [6, 6.07) is 7.95. The predicted octanol–water partition coefficient (Wildman–Crippen LogP) is 1.97. The molecule has 0 atom stereocenters. The van der Waals surface area contributed by atoms with Gasteiger partial charge in [-0.25, -0.2) is 4.39 Å². The van der Waals surface area contributed by atoms with Crippen LogP contribution in [0.4, 0.5) is 10.2 Å². The topological polar surface area (TPSA) is 84.5 Å². The summed E-state index contributed by atoms with van der Waals surface area (Å²) in [5, 5.41) is 14.7. The van der Waals surface area contributed by atoms with Crippen LogP contribution < -0.4 is 0 Å². The Morgan fingerprint density at radius 3 is 2.63 bits per heavy atom. The average molecular weight is 375 g/mol. The molecule has 0 N–H and O–H groups in total. The molecule has 9 heteroatoms. The number of aryl methyl sites for hydroxylation is 2. The van der Waals surface area contributed by atoms with E-state index in [2.05, 4.69) is 10.00 Å². The standard InChI is InChI=1S/C18H22FN5O3/c1-14-11-17(24(26)27)20-23(14)6-5-18(25)22-9-7-21(8-10-22)13-15-3-2-4-16(19)12-15/h2-4,11-12H,5-10,13H2,1H3. The molecule has 0 radical (unpaired) electrons. The Labute approximate surface area is 156 Å². The molecule has 0 bridgehead atoms. The Morgan fingerprint density at radius 2 is 2.00 bits per heavy atom. The van der Waals surface area contributed by atoms with Crippen LogP contribution in [0.15, 0.2) is 30.3 Å². The first kappa shape index (κ1) is 19.0. The highest BCUT2D eigenvalue weighted by atomic mass is 19.1. The van der Waals surface area contributed by atoms with Crippen LogP contribution in [0, 0.1) is 22.9 Å². The molecule has 1 fully saturated rings. The zero-order chi connectivity index (χ0) is 19.4. The van der Waals surface area contributed by atoms with Gasteiger partial charge in [0.2, 0.25) is 5.91 Å². The van der Waals surface area contributed by atoms with Gasteiger partial charge < -0.3 is 15.0 Å². The van der Waals surface area contributed by atoms with Crippen LogP contribution >= 0.6 is 0 Å². The first-order valence-corrected chi connectivity index (χ1v) is 8.86. The van der Waals surface area contributed by atoms with Crippen LogP contribution in [0.25, 0.3) is 0 Å². The van der Waals surface area contributed by atoms with Crippen molar-refractivity contribution in [2.75, 3.05) is 26.2 Å². The predicted molar refractivity (Wildman–Crippen MR) is 96.5 cm³/mol. The summed E-state index contributed by atoms with van der Waals surface area (Å²) in [7, 11) is 0. The largest absolute Gasteiger partial charge is 0.390 e. The van der Waals surface area contributed by atoms with Crippen molar-refractivity contribution in [3.63, 3.8) is 0 Å². The van der Waals surface area contributed by atoms with Crippen molar-refractivity contribution >= 4 is 11.7 Å². The first-order chi connectivity index (χ1) is 12.9. The molecule has 0 unspecified atom stereocenters. The van der Waals surface area contributed by atoms with E-state index >= 15 is 0 Å². The number of carbonyl (C=O) groups is 1. The number of amides is 1. The molecule has 144 valence electrons. The number of halogens is 1. The van der Waals surface area contributed by atoms with Crippen molar-refractivity contribution in [1.29, 1.82) is 0 Å². The molecule has 1 aromatic heterocycles. The van der Waals surface area contributed by atoms with E-state index in [1.807, 2.05) is 6.07 Å². The van der Waals surface area contributed by atoms with E-state index in [1.54, 1.807) is 17.9 Å². The summed E-state index contributed by atoms with van der Waals surface area (Å²) in [5.74, 6) is -0.431. The summed E-state index contributed by atoms with van der Waals surface area (Å²) in [6.07, 6.45) is 0.254. The van der Waals surface area contributed by atoms with Crippen molar-refractivity contribution in [3.8, 4) is 0 Å². The molecule has 1 saturated heterocycles. The van der Waals surface area contributed by atoms with Crippen LogP contribution in [-0.2, 0) is 17.9 Å². The molecule has 1 aliphatic rings. The van der Waals surface area contributed by atoms with Crippen LogP contribution in [0.2, 0.25) is 0 Å². The number of nitro groups is 1. The molecule has 0 spiro atoms. The third-order valence-corrected chi connectivity index (χ3v) is 4.71. The molecule has 8 nitrogen and oxygen atoms in total. The average Bonchev–Trinajstić information content (AvgIpc) is 3.01. The lowest BCUT2D eigenvalue weighted by molar-refractivity contribution is -0.389. The molecule has 3 rings (SSSR count). The number of nitrogens with zero attached hydrogens (tertiary/aromatic N) is 5. The third-order valence-electron chi connectivity index (χ3n) is 4.71. The maximum absolute atomic E-state index is 13.3. The van der Waals surface area contributed by atoms with Crippen molar-refractivity contribution in [3.05, 3.63) is 57.5 Å². The molecule has 2 aromatic rings. The Hall–Kier alpha value is -2.81. The zero-order valence-corrected chi connectivity index (χ0v) is 15.2. The van der Waals surface area contributed by atoms with Gasteiger partial charge in [-0.1, -0.05) is 12.1 Å². The highest BCUT2D eigenvalue weighted by Crippen LogP contribution is 2.13. The Bertz CT molecular complexity index is 830. The molecule has 1 aliphatic heterocycles. The van der Waals surface area contributed by atoms with Crippen molar-refractivity contribution in [1.82, 2.24) is 19.6 Å². The molecule has 1 aromatic carbocycles. The maximum Gasteiger partial charge on any atom is 0.390 e. The number of benzene rings is 1. The highest BCUT2D eigenvalue weighted by Gasteiger charge is 2.22. The van der Waals surface area contributed by atoms with Gasteiger partial charge in [0.15, 0.2) is 0 Å². The first-order valence-electron chi connectivity index (χ1n) is 8.86. The summed E-state index contributed by atoms with van der Waals surface area (Å²) in [6.45, 7) is 5.41. The molecule has 0 saturated carbocycles. The van der Waals surface area contributed by atoms with Gasteiger partial charge >= 0.3 is 5.82 Å². The van der Waals surface area contributed by atoms with E-state index in [0.29, 0.717) is 31.9 Å². The minimum Gasteiger partial charge on any atom is -0.358 e. The number of hydrogen-bond acceptors (Lipinski definition) is 5. The van der Waals surface area contributed by atoms with E-state index in [0.717, 1.165) is 18.7 Å². The molecule has 27 heavy (non-hydrogen) atoms. The van der Waals surface area contributed by atoms with Gasteiger partial charge in [0.1, 0.15) is 5.82 Å². The second kappa shape index (κ2) is 8.26. The van der Waals surface area contributed by atoms with E-state index < -0.39 is 4.92 Å². The van der Waals surface area contributed by atoms with Gasteiger partial charge in [-0.05, 0) is 29.5 Å². The van der Waals surface area contributed by atoms with Gasteiger partial charge in [-0.3, -0.25) is 9.69 Å². The normalized spacial score (nSPS) is 15.1. The highest BCUT2D eigenvalue weighted by molar-refractivity contribution is 5.76. The van der Waals surface area contributed by atoms with Crippen LogP contribution in [0.1, 0.15) is 17.7 Å². The Morgan fingerprint density at radius 1 is 1.26 bits per heavy atom. The number of rotatable bonds is 6. The maximum atomic E-state index is 13.3. The minimum atomic E-state index is -0.539. The van der Waals surface area contributed by atoms with E-state index in [4.69, 9.17) is 0 Å². The monoisotopic (exact) mass is 375 g/mol. The number of aromatic nitrogens is 2. The quantitative estimate of drug-likeness (QED) is 0.569. The van der Waals surface area contributed by atoms with Crippen LogP contribution in [0.3, 0.4) is 0 Å². The molecular formula is C18H22FN5O3. The van der Waals surface area contributed by atoms with Crippen LogP contribution in [-0.4, -0.2) is 56.6 Å². The van der Waals surface area contributed by atoms with E-state index in [-0.39, 0.29) is 24.0 Å². The van der Waals surface area contributed by atoms with Crippen LogP contribution in [0.5, 0.6) is 0 Å². The Kier molecular flexibility index (Phi) is 5.80. The molecule has 0 aliphatic carbocycles. The SMILES string of the molecule is Cc1cc([N+](=O)[O-])nn1CCC(=O)N1CCN(Cc2cccc(F)c2)CC1. The molecule has 2 heterocycles. The van der Waals surface area contributed by atoms with Gasteiger partial charge in [0, 0.05) is 39.1 Å². The van der Waals surface area contributed by atoms with Crippen molar-refractivity contribution in [2.45, 2.75) is 26.4 Å². The summed E-state index contributed by atoms with van der Waals surface area (Å²) in [5.41, 5.74) is 1.58. The fourth-order valence-corrected chi connectivity index (χ4v) is 3.22. The summed E-state index contributed by atoms with van der Waals surface area (Å²) >= 11 is 0. The second-order valence-corrected chi connectivity index (χ2v) is 6.66. The smallest absolute Gasteiger partial charge is 0.358 e. The lowest BCUT2D eigenvalue weighted by atomic mass is 10.2. The summed E-state index contributed by atoms with van der Waals surface area (Å²) in [4.78, 5) is 26.6. The lowest BCUT2D eigenvalue weighted by Gasteiger charge is -2.34. The molecular weight excluding hydrogens is 353 g/mol. The van der Waals surface area contributed by atoms with Gasteiger partial charge in [0.25, 0.3) is 0 Å². The third kappa shape index (κ3) is 4.88. The van der Waals surface area contributed by atoms with E-state index in [1.165, 1.54) is 22.9 Å².